The second kappa shape index (κ2) is 18.2. The maximum atomic E-state index is 12.2. The van der Waals surface area contributed by atoms with E-state index in [0.29, 0.717) is 5.82 Å². The van der Waals surface area contributed by atoms with E-state index in [0.717, 1.165) is 27.8 Å². The van der Waals surface area contributed by atoms with Gasteiger partial charge < -0.3 is 54.2 Å². The Bertz CT molecular complexity index is 2520. The maximum Gasteiger partial charge on any atom is 0.303 e. The number of rotatable bonds is 13. The number of ether oxygens (including phenoxy) is 6. The molecule has 3 fully saturated rings. The standard InChI is InChI=1S/C49H47N5O10/c55-26-35-38(56)39(57)45(61-35)54-44-37(43(50-29-51-44)53-49(32-20-10-3-11-21-32,33-22-12-4-13-23-33)34-24-14-5-15-25-34)52-48(54)64-47-42(59-27-30-16-6-1-7-17-30)40(58)41-36(62-47)28-60-46(63-41)31-18-8-2-9-19-31/h1-25,29,35-36,38-42,45-47,55-58H,26-28H2,(H,50,51,53)/t35-,36-,38-,39-,40+,41-,42+,45-,46?,47-/m1/s1. The Labute approximate surface area is 368 Å². The third-order valence-electron chi connectivity index (χ3n) is 12.0. The van der Waals surface area contributed by atoms with Crippen LogP contribution in [0.5, 0.6) is 6.01 Å². The predicted octanol–water partition coefficient (Wildman–Crippen LogP) is 5.01. The number of imidazole rings is 1. The molecule has 328 valence electrons. The van der Waals surface area contributed by atoms with Crippen molar-refractivity contribution in [3.63, 3.8) is 0 Å². The summed E-state index contributed by atoms with van der Waals surface area (Å²) >= 11 is 0. The van der Waals surface area contributed by atoms with E-state index in [1.165, 1.54) is 10.9 Å². The summed E-state index contributed by atoms with van der Waals surface area (Å²) in [6.45, 7) is -0.432. The Morgan fingerprint density at radius 3 is 1.88 bits per heavy atom. The molecule has 10 atom stereocenters. The van der Waals surface area contributed by atoms with Gasteiger partial charge in [0.1, 0.15) is 54.6 Å². The van der Waals surface area contributed by atoms with Crippen molar-refractivity contribution in [2.75, 3.05) is 18.5 Å². The summed E-state index contributed by atoms with van der Waals surface area (Å²) in [6.07, 6.45) is -10.4. The van der Waals surface area contributed by atoms with Crippen LogP contribution in [0.2, 0.25) is 0 Å². The van der Waals surface area contributed by atoms with Gasteiger partial charge >= 0.3 is 6.01 Å². The van der Waals surface area contributed by atoms with E-state index < -0.39 is 73.7 Å². The normalized spacial score (nSPS) is 26.9. The predicted molar refractivity (Wildman–Crippen MR) is 231 cm³/mol. The van der Waals surface area contributed by atoms with Crippen LogP contribution in [0.1, 0.15) is 40.3 Å². The van der Waals surface area contributed by atoms with Crippen molar-refractivity contribution in [2.45, 2.75) is 73.7 Å². The Morgan fingerprint density at radius 1 is 0.688 bits per heavy atom. The number of hydrogen-bond donors (Lipinski definition) is 5. The second-order valence-electron chi connectivity index (χ2n) is 16.0. The molecule has 5 N–H and O–H groups in total. The van der Waals surface area contributed by atoms with Crippen molar-refractivity contribution in [3.05, 3.63) is 186 Å². The van der Waals surface area contributed by atoms with E-state index in [4.69, 9.17) is 38.4 Å². The number of benzene rings is 5. The fourth-order valence-corrected chi connectivity index (χ4v) is 8.83. The molecule has 3 aliphatic heterocycles. The Morgan fingerprint density at radius 2 is 1.28 bits per heavy atom. The minimum Gasteiger partial charge on any atom is -0.432 e. The molecule has 15 nitrogen and oxygen atoms in total. The van der Waals surface area contributed by atoms with Gasteiger partial charge in [0.05, 0.1) is 19.8 Å². The van der Waals surface area contributed by atoms with Crippen molar-refractivity contribution in [2.24, 2.45) is 0 Å². The summed E-state index contributed by atoms with van der Waals surface area (Å²) in [5.74, 6) is 0.291. The first-order valence-electron chi connectivity index (χ1n) is 21.2. The fourth-order valence-electron chi connectivity index (χ4n) is 8.83. The summed E-state index contributed by atoms with van der Waals surface area (Å²) in [5, 5.41) is 48.6. The third kappa shape index (κ3) is 7.80. The van der Waals surface area contributed by atoms with E-state index in [1.807, 2.05) is 152 Å². The maximum absolute atomic E-state index is 12.2. The quantitative estimate of drug-likeness (QED) is 0.0973. The van der Waals surface area contributed by atoms with Gasteiger partial charge in [-0.05, 0) is 22.3 Å². The van der Waals surface area contributed by atoms with Crippen LogP contribution >= 0.6 is 0 Å². The summed E-state index contributed by atoms with van der Waals surface area (Å²) in [5.41, 5.74) is 3.69. The van der Waals surface area contributed by atoms with Crippen LogP contribution in [-0.2, 0) is 35.8 Å². The largest absolute Gasteiger partial charge is 0.432 e. The van der Waals surface area contributed by atoms with Gasteiger partial charge in [0, 0.05) is 5.56 Å². The summed E-state index contributed by atoms with van der Waals surface area (Å²) < 4.78 is 39.7. The first kappa shape index (κ1) is 41.9. The van der Waals surface area contributed by atoms with Crippen molar-refractivity contribution in [1.29, 1.82) is 0 Å². The highest BCUT2D eigenvalue weighted by Crippen LogP contribution is 2.43. The molecule has 0 radical (unpaired) electrons. The van der Waals surface area contributed by atoms with Crippen molar-refractivity contribution >= 4 is 17.0 Å². The average Bonchev–Trinajstić information content (AvgIpc) is 3.86. The molecule has 10 rings (SSSR count). The highest BCUT2D eigenvalue weighted by Gasteiger charge is 2.52. The highest BCUT2D eigenvalue weighted by atomic mass is 16.8. The van der Waals surface area contributed by atoms with E-state index in [-0.39, 0.29) is 30.4 Å². The molecular weight excluding hydrogens is 819 g/mol. The van der Waals surface area contributed by atoms with Crippen molar-refractivity contribution in [1.82, 2.24) is 19.5 Å². The van der Waals surface area contributed by atoms with E-state index >= 15 is 0 Å². The number of aliphatic hydroxyl groups excluding tert-OH is 4. The van der Waals surface area contributed by atoms with Crippen LogP contribution in [-0.4, -0.2) is 102 Å². The molecule has 7 aromatic rings. The second-order valence-corrected chi connectivity index (χ2v) is 16.0. The Balaban J connectivity index is 1.08. The summed E-state index contributed by atoms with van der Waals surface area (Å²) in [4.78, 5) is 14.4. The molecule has 5 aromatic carbocycles. The Kier molecular flexibility index (Phi) is 11.9. The van der Waals surface area contributed by atoms with Crippen LogP contribution in [0, 0.1) is 0 Å². The van der Waals surface area contributed by atoms with Crippen LogP contribution in [0.25, 0.3) is 11.2 Å². The molecular formula is C49H47N5O10. The molecule has 0 bridgehead atoms. The van der Waals surface area contributed by atoms with Crippen LogP contribution in [0.3, 0.4) is 0 Å². The number of aromatic nitrogens is 4. The number of fused-ring (bicyclic) bond motifs is 2. The van der Waals surface area contributed by atoms with Gasteiger partial charge in [-0.1, -0.05) is 152 Å². The highest BCUT2D eigenvalue weighted by molar-refractivity contribution is 5.85. The first-order valence-corrected chi connectivity index (χ1v) is 21.2. The van der Waals surface area contributed by atoms with Crippen molar-refractivity contribution in [3.8, 4) is 6.01 Å². The van der Waals surface area contributed by atoms with Crippen molar-refractivity contribution < 1.29 is 48.8 Å². The topological polar surface area (TPSA) is 192 Å². The zero-order valence-electron chi connectivity index (χ0n) is 34.4. The van der Waals surface area contributed by atoms with Gasteiger partial charge in [-0.3, -0.25) is 0 Å². The molecule has 0 aliphatic carbocycles. The lowest BCUT2D eigenvalue weighted by Crippen LogP contribution is -2.63. The zero-order valence-corrected chi connectivity index (χ0v) is 34.4. The SMILES string of the molecule is OC[C@H]1O[C@@H](n2c(O[C@H]3O[C@@H]4COC(c5ccccc5)O[C@H]4[C@H](O)[C@@H]3OCc3ccccc3)nc3c(NC(c4ccccc4)(c4ccccc4)c4ccccc4)ncnc32)[C@H](O)[C@@H]1O. The van der Waals surface area contributed by atoms with Gasteiger partial charge in [-0.15, -0.1) is 0 Å². The molecule has 2 aromatic heterocycles. The van der Waals surface area contributed by atoms with Gasteiger partial charge in [0.2, 0.25) is 6.29 Å². The lowest BCUT2D eigenvalue weighted by molar-refractivity contribution is -0.356. The van der Waals surface area contributed by atoms with Crippen LogP contribution in [0.15, 0.2) is 158 Å². The minimum atomic E-state index is -1.55. The molecule has 3 saturated heterocycles. The van der Waals surface area contributed by atoms with Crippen LogP contribution in [0.4, 0.5) is 5.82 Å². The minimum absolute atomic E-state index is 0.0534. The number of nitrogens with zero attached hydrogens (tertiary/aromatic N) is 4. The molecule has 0 spiro atoms. The summed E-state index contributed by atoms with van der Waals surface area (Å²) in [7, 11) is 0. The number of aliphatic hydroxyl groups is 4. The van der Waals surface area contributed by atoms with E-state index in [2.05, 4.69) is 10.3 Å². The third-order valence-corrected chi connectivity index (χ3v) is 12.0. The van der Waals surface area contributed by atoms with Gasteiger partial charge in [-0.25, -0.2) is 14.5 Å². The smallest absolute Gasteiger partial charge is 0.303 e. The average molecular weight is 866 g/mol. The monoisotopic (exact) mass is 865 g/mol. The number of nitrogens with one attached hydrogen (secondary N) is 1. The van der Waals surface area contributed by atoms with E-state index in [9.17, 15) is 20.4 Å². The lowest BCUT2D eigenvalue weighted by atomic mass is 9.77. The molecule has 5 heterocycles. The van der Waals surface area contributed by atoms with Gasteiger partial charge in [0.15, 0.2) is 29.5 Å². The fraction of sp³-hybridized carbons (Fsp3) is 0.286. The van der Waals surface area contributed by atoms with Gasteiger partial charge in [-0.2, -0.15) is 4.98 Å². The van der Waals surface area contributed by atoms with Crippen LogP contribution < -0.4 is 10.1 Å². The molecule has 0 amide bonds. The Hall–Kier alpha value is -6.11. The number of hydrogen-bond acceptors (Lipinski definition) is 14. The molecule has 3 aliphatic rings. The lowest BCUT2D eigenvalue weighted by Gasteiger charge is -2.47. The molecule has 15 heteroatoms. The zero-order chi connectivity index (χ0) is 43.6. The summed E-state index contributed by atoms with van der Waals surface area (Å²) in [6, 6.07) is 48.6. The first-order chi connectivity index (χ1) is 31.4. The number of anilines is 1. The molecule has 1 unspecified atom stereocenters. The van der Waals surface area contributed by atoms with Gasteiger partial charge in [0.25, 0.3) is 0 Å². The molecule has 0 saturated carbocycles. The molecule has 64 heavy (non-hydrogen) atoms. The van der Waals surface area contributed by atoms with E-state index in [1.54, 1.807) is 0 Å².